The Balaban J connectivity index is 2.27. The maximum atomic E-state index is 9.29. The molecule has 0 aromatic heterocycles. The van der Waals surface area contributed by atoms with Gasteiger partial charge in [-0.15, -0.1) is 0 Å². The van der Waals surface area contributed by atoms with E-state index < -0.39 is 0 Å². The molecule has 2 nitrogen and oxygen atoms in total. The van der Waals surface area contributed by atoms with Crippen molar-refractivity contribution in [1.82, 2.24) is 0 Å². The average molecular weight is 328 g/mol. The summed E-state index contributed by atoms with van der Waals surface area (Å²) < 4.78 is 6.40. The van der Waals surface area contributed by atoms with Gasteiger partial charge in [0.05, 0.1) is 18.2 Å². The molecule has 0 radical (unpaired) electrons. The summed E-state index contributed by atoms with van der Waals surface area (Å²) in [6, 6.07) is 17.7. The third-order valence-corrected chi connectivity index (χ3v) is 3.31. The number of hydrogen-bond acceptors (Lipinski definition) is 2. The second-order valence-corrected chi connectivity index (χ2v) is 5.09. The van der Waals surface area contributed by atoms with Crippen LogP contribution in [0.4, 0.5) is 0 Å². The van der Waals surface area contributed by atoms with E-state index in [1.165, 1.54) is 0 Å². The van der Waals surface area contributed by atoms with E-state index in [4.69, 9.17) is 4.74 Å². The number of benzene rings is 2. The first kappa shape index (κ1) is 14.4. The third kappa shape index (κ3) is 3.72. The first-order chi connectivity index (χ1) is 9.72. The standard InChI is InChI=1S/C17H14BrNO/c1-2-20-17-9-3-13(4-10-17)11-15(12-19)14-5-7-16(18)8-6-14/h3-11H,2H2,1H3/b15-11-. The molecule has 0 fully saturated rings. The van der Waals surface area contributed by atoms with Gasteiger partial charge in [0, 0.05) is 4.47 Å². The average Bonchev–Trinajstić information content (AvgIpc) is 2.48. The Kier molecular flexibility index (Phi) is 4.97. The molecule has 0 amide bonds. The Bertz CT molecular complexity index is 636. The molecule has 0 bridgehead atoms. The SMILES string of the molecule is CCOc1ccc(/C=C(/C#N)c2ccc(Br)cc2)cc1. The molecular weight excluding hydrogens is 314 g/mol. The highest BCUT2D eigenvalue weighted by Gasteiger charge is 2.01. The Labute approximate surface area is 127 Å². The van der Waals surface area contributed by atoms with Gasteiger partial charge in [0.1, 0.15) is 5.75 Å². The molecule has 2 aromatic carbocycles. The third-order valence-electron chi connectivity index (χ3n) is 2.78. The van der Waals surface area contributed by atoms with Gasteiger partial charge in [0.15, 0.2) is 0 Å². The van der Waals surface area contributed by atoms with E-state index in [2.05, 4.69) is 22.0 Å². The minimum absolute atomic E-state index is 0.640. The summed E-state index contributed by atoms with van der Waals surface area (Å²) in [6.45, 7) is 2.60. The van der Waals surface area contributed by atoms with E-state index in [1.807, 2.05) is 61.5 Å². The van der Waals surface area contributed by atoms with Crippen molar-refractivity contribution < 1.29 is 4.74 Å². The molecule has 0 spiro atoms. The Morgan fingerprint density at radius 1 is 1.15 bits per heavy atom. The summed E-state index contributed by atoms with van der Waals surface area (Å²) in [4.78, 5) is 0. The van der Waals surface area contributed by atoms with Crippen LogP contribution in [0.3, 0.4) is 0 Å². The molecule has 0 aliphatic heterocycles. The minimum atomic E-state index is 0.640. The fourth-order valence-electron chi connectivity index (χ4n) is 1.80. The molecule has 2 rings (SSSR count). The van der Waals surface area contributed by atoms with E-state index in [9.17, 15) is 5.26 Å². The van der Waals surface area contributed by atoms with Gasteiger partial charge in [-0.2, -0.15) is 5.26 Å². The largest absolute Gasteiger partial charge is 0.494 e. The van der Waals surface area contributed by atoms with Crippen molar-refractivity contribution in [2.75, 3.05) is 6.61 Å². The highest BCUT2D eigenvalue weighted by atomic mass is 79.9. The second-order valence-electron chi connectivity index (χ2n) is 4.18. The van der Waals surface area contributed by atoms with Crippen molar-refractivity contribution in [2.24, 2.45) is 0 Å². The zero-order chi connectivity index (χ0) is 14.4. The van der Waals surface area contributed by atoms with E-state index in [1.54, 1.807) is 0 Å². The monoisotopic (exact) mass is 327 g/mol. The predicted molar refractivity (Wildman–Crippen MR) is 85.2 cm³/mol. The van der Waals surface area contributed by atoms with Crippen LogP contribution >= 0.6 is 15.9 Å². The quantitative estimate of drug-likeness (QED) is 0.590. The molecule has 20 heavy (non-hydrogen) atoms. The van der Waals surface area contributed by atoms with Gasteiger partial charge in [0.2, 0.25) is 0 Å². The van der Waals surface area contributed by atoms with Crippen LogP contribution in [0, 0.1) is 11.3 Å². The zero-order valence-corrected chi connectivity index (χ0v) is 12.7. The Hall–Kier alpha value is -2.05. The van der Waals surface area contributed by atoms with Crippen molar-refractivity contribution in [3.05, 3.63) is 64.1 Å². The van der Waals surface area contributed by atoms with E-state index in [-0.39, 0.29) is 0 Å². The van der Waals surface area contributed by atoms with Gasteiger partial charge in [-0.1, -0.05) is 40.2 Å². The Morgan fingerprint density at radius 3 is 2.35 bits per heavy atom. The first-order valence-electron chi connectivity index (χ1n) is 6.33. The molecular formula is C17H14BrNO. The number of rotatable bonds is 4. The molecule has 0 atom stereocenters. The lowest BCUT2D eigenvalue weighted by molar-refractivity contribution is 0.340. The van der Waals surface area contributed by atoms with E-state index in [0.717, 1.165) is 21.3 Å². The summed E-state index contributed by atoms with van der Waals surface area (Å²) in [5.74, 6) is 0.840. The normalized spacial score (nSPS) is 10.9. The molecule has 0 N–H and O–H groups in total. The van der Waals surface area contributed by atoms with Crippen LogP contribution in [0.2, 0.25) is 0 Å². The number of allylic oxidation sites excluding steroid dienone is 1. The van der Waals surface area contributed by atoms with Crippen molar-refractivity contribution >= 4 is 27.6 Å². The topological polar surface area (TPSA) is 33.0 Å². The van der Waals surface area contributed by atoms with Gasteiger partial charge >= 0.3 is 0 Å². The number of hydrogen-bond donors (Lipinski definition) is 0. The molecule has 0 heterocycles. The highest BCUT2D eigenvalue weighted by Crippen LogP contribution is 2.21. The molecule has 0 saturated heterocycles. The van der Waals surface area contributed by atoms with E-state index in [0.29, 0.717) is 12.2 Å². The van der Waals surface area contributed by atoms with Crippen molar-refractivity contribution in [3.8, 4) is 11.8 Å². The molecule has 0 saturated carbocycles. The lowest BCUT2D eigenvalue weighted by atomic mass is 10.0. The summed E-state index contributed by atoms with van der Waals surface area (Å²) in [6.07, 6.45) is 1.87. The van der Waals surface area contributed by atoms with Crippen LogP contribution in [0.1, 0.15) is 18.1 Å². The van der Waals surface area contributed by atoms with Crippen LogP contribution in [-0.2, 0) is 0 Å². The summed E-state index contributed by atoms with van der Waals surface area (Å²) in [5, 5.41) is 9.29. The van der Waals surface area contributed by atoms with Gasteiger partial charge in [-0.3, -0.25) is 0 Å². The fraction of sp³-hybridized carbons (Fsp3) is 0.118. The number of nitriles is 1. The molecule has 0 aliphatic rings. The summed E-state index contributed by atoms with van der Waals surface area (Å²) in [5.41, 5.74) is 2.53. The van der Waals surface area contributed by atoms with Gasteiger partial charge in [0.25, 0.3) is 0 Å². The van der Waals surface area contributed by atoms with Gasteiger partial charge < -0.3 is 4.74 Å². The molecule has 0 unspecified atom stereocenters. The fourth-order valence-corrected chi connectivity index (χ4v) is 2.07. The molecule has 100 valence electrons. The summed E-state index contributed by atoms with van der Waals surface area (Å²) in [7, 11) is 0. The zero-order valence-electron chi connectivity index (χ0n) is 11.1. The lowest BCUT2D eigenvalue weighted by Crippen LogP contribution is -1.90. The summed E-state index contributed by atoms with van der Waals surface area (Å²) >= 11 is 3.39. The van der Waals surface area contributed by atoms with Crippen LogP contribution in [0.5, 0.6) is 5.75 Å². The minimum Gasteiger partial charge on any atom is -0.494 e. The van der Waals surface area contributed by atoms with Gasteiger partial charge in [-0.25, -0.2) is 0 Å². The molecule has 0 aliphatic carbocycles. The van der Waals surface area contributed by atoms with Crippen LogP contribution in [-0.4, -0.2) is 6.61 Å². The lowest BCUT2D eigenvalue weighted by Gasteiger charge is -2.03. The van der Waals surface area contributed by atoms with Crippen LogP contribution in [0.25, 0.3) is 11.6 Å². The molecule has 3 heteroatoms. The van der Waals surface area contributed by atoms with Crippen molar-refractivity contribution in [3.63, 3.8) is 0 Å². The van der Waals surface area contributed by atoms with Crippen LogP contribution < -0.4 is 4.74 Å². The Morgan fingerprint density at radius 2 is 1.80 bits per heavy atom. The van der Waals surface area contributed by atoms with Crippen molar-refractivity contribution in [1.29, 1.82) is 5.26 Å². The van der Waals surface area contributed by atoms with Crippen molar-refractivity contribution in [2.45, 2.75) is 6.92 Å². The number of nitrogens with zero attached hydrogens (tertiary/aromatic N) is 1. The maximum Gasteiger partial charge on any atom is 0.119 e. The number of halogens is 1. The van der Waals surface area contributed by atoms with Gasteiger partial charge in [-0.05, 0) is 48.4 Å². The first-order valence-corrected chi connectivity index (χ1v) is 7.13. The maximum absolute atomic E-state index is 9.29. The second kappa shape index (κ2) is 6.93. The smallest absolute Gasteiger partial charge is 0.119 e. The molecule has 2 aromatic rings. The van der Waals surface area contributed by atoms with Crippen LogP contribution in [0.15, 0.2) is 53.0 Å². The predicted octanol–water partition coefficient (Wildman–Crippen LogP) is 4.91. The number of ether oxygens (including phenoxy) is 1. The van der Waals surface area contributed by atoms with E-state index >= 15 is 0 Å². The highest BCUT2D eigenvalue weighted by molar-refractivity contribution is 9.10.